The van der Waals surface area contributed by atoms with Crippen LogP contribution in [0.15, 0.2) is 60.8 Å². The molecule has 0 aliphatic rings. The summed E-state index contributed by atoms with van der Waals surface area (Å²) in [5.74, 6) is 0.285. The molecule has 36 heavy (non-hydrogen) atoms. The van der Waals surface area contributed by atoms with E-state index in [0.717, 1.165) is 16.8 Å². The van der Waals surface area contributed by atoms with Crippen LogP contribution in [0.3, 0.4) is 0 Å². The molecule has 7 nitrogen and oxygen atoms in total. The van der Waals surface area contributed by atoms with Crippen molar-refractivity contribution in [2.75, 3.05) is 26.8 Å². The van der Waals surface area contributed by atoms with Gasteiger partial charge in [-0.25, -0.2) is 9.37 Å². The van der Waals surface area contributed by atoms with Gasteiger partial charge in [0.05, 0.1) is 29.9 Å². The van der Waals surface area contributed by atoms with Crippen molar-refractivity contribution < 1.29 is 13.9 Å². The van der Waals surface area contributed by atoms with Gasteiger partial charge in [0.2, 0.25) is 5.91 Å². The minimum absolute atomic E-state index is 0.169. The number of hydrogen-bond donors (Lipinski definition) is 1. The van der Waals surface area contributed by atoms with E-state index in [1.807, 2.05) is 80.1 Å². The van der Waals surface area contributed by atoms with E-state index in [1.165, 1.54) is 12.0 Å². The predicted molar refractivity (Wildman–Crippen MR) is 138 cm³/mol. The average molecular weight is 492 g/mol. The first-order valence-corrected chi connectivity index (χ1v) is 11.9. The number of carbonyl (C=O) groups excluding carboxylic acids is 1. The van der Waals surface area contributed by atoms with E-state index >= 15 is 0 Å². The number of aromatic nitrogens is 2. The molecule has 8 heteroatoms. The molecule has 2 N–H and O–H groups in total. The molecule has 0 aliphatic heterocycles. The fourth-order valence-corrected chi connectivity index (χ4v) is 4.30. The van der Waals surface area contributed by atoms with Crippen LogP contribution in [-0.2, 0) is 16.1 Å². The first-order valence-electron chi connectivity index (χ1n) is 11.9. The number of nitrogens with two attached hydrogens (primary N) is 1. The molecule has 0 saturated carbocycles. The summed E-state index contributed by atoms with van der Waals surface area (Å²) in [6.07, 6.45) is 0.553. The lowest BCUT2D eigenvalue weighted by molar-refractivity contribution is -0.141. The summed E-state index contributed by atoms with van der Waals surface area (Å²) in [5, 5.41) is 9.35. The van der Waals surface area contributed by atoms with Gasteiger partial charge in [-0.1, -0.05) is 63.2 Å². The van der Waals surface area contributed by atoms with Gasteiger partial charge in [0.1, 0.15) is 18.6 Å². The fourth-order valence-electron chi connectivity index (χ4n) is 4.30. The summed E-state index contributed by atoms with van der Waals surface area (Å²) in [6, 6.07) is 18.7. The quantitative estimate of drug-likeness (QED) is 0.455. The van der Waals surface area contributed by atoms with Crippen LogP contribution < -0.4 is 5.73 Å². The number of halogens is 1. The highest BCUT2D eigenvalue weighted by Gasteiger charge is 2.39. The lowest BCUT2D eigenvalue weighted by Crippen LogP contribution is -2.47. The van der Waals surface area contributed by atoms with Gasteiger partial charge in [-0.2, -0.15) is 5.26 Å². The van der Waals surface area contributed by atoms with E-state index in [1.54, 1.807) is 6.07 Å². The standard InChI is InChI=1S/C28H34FN5O2/c1-28(2,3)26(34(17-23(29)15-31)25(35)19-36-4)27-32-24(22-11-6-5-7-12-22)18-33(27)16-21-10-8-9-20(13-21)14-30/h5-13,18,23,26H,15-17,19,31H2,1-4H3/t23?,26-/m0/s1. The minimum atomic E-state index is -1.39. The number of alkyl halides is 1. The van der Waals surface area contributed by atoms with Crippen molar-refractivity contribution in [1.82, 2.24) is 14.5 Å². The van der Waals surface area contributed by atoms with Crippen molar-refractivity contribution >= 4 is 5.91 Å². The van der Waals surface area contributed by atoms with E-state index in [2.05, 4.69) is 6.07 Å². The van der Waals surface area contributed by atoms with E-state index in [0.29, 0.717) is 17.9 Å². The zero-order valence-corrected chi connectivity index (χ0v) is 21.3. The zero-order valence-electron chi connectivity index (χ0n) is 21.3. The highest BCUT2D eigenvalue weighted by molar-refractivity contribution is 5.78. The fraction of sp³-hybridized carbons (Fsp3) is 0.393. The molecule has 0 aliphatic carbocycles. The molecule has 0 radical (unpaired) electrons. The summed E-state index contributed by atoms with van der Waals surface area (Å²) < 4.78 is 21.7. The van der Waals surface area contributed by atoms with E-state index in [-0.39, 0.29) is 25.6 Å². The molecule has 3 rings (SSSR count). The largest absolute Gasteiger partial charge is 0.375 e. The lowest BCUT2D eigenvalue weighted by Gasteiger charge is -2.40. The Morgan fingerprint density at radius 3 is 2.56 bits per heavy atom. The number of carbonyl (C=O) groups is 1. The second kappa shape index (κ2) is 11.9. The summed E-state index contributed by atoms with van der Waals surface area (Å²) in [4.78, 5) is 19.7. The molecule has 1 heterocycles. The Kier molecular flexibility index (Phi) is 8.97. The van der Waals surface area contributed by atoms with Crippen molar-refractivity contribution in [3.8, 4) is 17.3 Å². The molecule has 1 unspecified atom stereocenters. The van der Waals surface area contributed by atoms with Crippen LogP contribution in [-0.4, -0.2) is 53.3 Å². The van der Waals surface area contributed by atoms with Crippen LogP contribution in [0.25, 0.3) is 11.3 Å². The van der Waals surface area contributed by atoms with Crippen molar-refractivity contribution in [3.63, 3.8) is 0 Å². The van der Waals surface area contributed by atoms with Crippen LogP contribution in [0, 0.1) is 16.7 Å². The Bertz CT molecular complexity index is 1200. The second-order valence-corrected chi connectivity index (χ2v) is 9.87. The molecule has 190 valence electrons. The molecular formula is C28H34FN5O2. The third kappa shape index (κ3) is 6.56. The molecule has 1 amide bonds. The van der Waals surface area contributed by atoms with Crippen LogP contribution >= 0.6 is 0 Å². The molecule has 0 bridgehead atoms. The Labute approximate surface area is 212 Å². The minimum Gasteiger partial charge on any atom is -0.375 e. The molecule has 2 aromatic carbocycles. The summed E-state index contributed by atoms with van der Waals surface area (Å²) in [7, 11) is 1.44. The normalized spacial score (nSPS) is 13.1. The van der Waals surface area contributed by atoms with Gasteiger partial charge in [-0.05, 0) is 23.1 Å². The predicted octanol–water partition coefficient (Wildman–Crippen LogP) is 4.33. The Morgan fingerprint density at radius 2 is 1.94 bits per heavy atom. The van der Waals surface area contributed by atoms with Crippen molar-refractivity contribution in [1.29, 1.82) is 5.26 Å². The SMILES string of the molecule is COCC(=O)N(CC(F)CN)[C@@H](c1nc(-c2ccccc2)cn1Cc1cccc(C#N)c1)C(C)(C)C. The molecule has 1 aromatic heterocycles. The first kappa shape index (κ1) is 27.1. The topological polar surface area (TPSA) is 97.2 Å². The Balaban J connectivity index is 2.19. The summed E-state index contributed by atoms with van der Waals surface area (Å²) in [6.45, 7) is 5.88. The third-order valence-electron chi connectivity index (χ3n) is 5.90. The van der Waals surface area contributed by atoms with Crippen LogP contribution in [0.5, 0.6) is 0 Å². The van der Waals surface area contributed by atoms with Gasteiger partial charge in [-0.15, -0.1) is 0 Å². The van der Waals surface area contributed by atoms with Crippen LogP contribution in [0.1, 0.15) is 43.8 Å². The smallest absolute Gasteiger partial charge is 0.249 e. The maximum Gasteiger partial charge on any atom is 0.249 e. The van der Waals surface area contributed by atoms with E-state index in [4.69, 9.17) is 15.5 Å². The number of rotatable bonds is 10. The van der Waals surface area contributed by atoms with E-state index < -0.39 is 17.6 Å². The Morgan fingerprint density at radius 1 is 1.22 bits per heavy atom. The average Bonchev–Trinajstić information content (AvgIpc) is 3.26. The number of nitrogens with zero attached hydrogens (tertiary/aromatic N) is 4. The number of hydrogen-bond acceptors (Lipinski definition) is 5. The maximum atomic E-state index is 14.6. The van der Waals surface area contributed by atoms with Gasteiger partial charge >= 0.3 is 0 Å². The molecule has 2 atom stereocenters. The zero-order chi connectivity index (χ0) is 26.3. The van der Waals surface area contributed by atoms with Gasteiger partial charge < -0.3 is 19.9 Å². The van der Waals surface area contributed by atoms with Crippen LogP contribution in [0.4, 0.5) is 4.39 Å². The number of amides is 1. The number of methoxy groups -OCH3 is 1. The van der Waals surface area contributed by atoms with Crippen molar-refractivity contribution in [2.45, 2.75) is 39.5 Å². The number of imidazole rings is 1. The van der Waals surface area contributed by atoms with Crippen LogP contribution in [0.2, 0.25) is 0 Å². The maximum absolute atomic E-state index is 14.6. The van der Waals surface area contributed by atoms with Gasteiger partial charge in [0, 0.05) is 32.0 Å². The summed E-state index contributed by atoms with van der Waals surface area (Å²) >= 11 is 0. The first-order chi connectivity index (χ1) is 17.2. The highest BCUT2D eigenvalue weighted by Crippen LogP contribution is 2.39. The molecule has 0 spiro atoms. The Hall–Kier alpha value is -3.54. The highest BCUT2D eigenvalue weighted by atomic mass is 19.1. The van der Waals surface area contributed by atoms with E-state index in [9.17, 15) is 14.4 Å². The molecule has 3 aromatic rings. The molecular weight excluding hydrogens is 457 g/mol. The number of nitriles is 1. The van der Waals surface area contributed by atoms with Gasteiger partial charge in [0.25, 0.3) is 0 Å². The second-order valence-electron chi connectivity index (χ2n) is 9.87. The lowest BCUT2D eigenvalue weighted by atomic mass is 9.84. The van der Waals surface area contributed by atoms with Crippen molar-refractivity contribution in [3.05, 3.63) is 77.7 Å². The number of ether oxygens (including phenoxy) is 1. The van der Waals surface area contributed by atoms with Crippen molar-refractivity contribution in [2.24, 2.45) is 11.1 Å². The molecule has 0 fully saturated rings. The molecule has 0 saturated heterocycles. The third-order valence-corrected chi connectivity index (χ3v) is 5.90. The number of benzene rings is 2. The summed E-state index contributed by atoms with van der Waals surface area (Å²) in [5.41, 5.74) is 8.24. The van der Waals surface area contributed by atoms with Gasteiger partial charge in [-0.3, -0.25) is 4.79 Å². The van der Waals surface area contributed by atoms with Gasteiger partial charge in [0.15, 0.2) is 0 Å². The monoisotopic (exact) mass is 491 g/mol.